The number of rotatable bonds is 2. The molecule has 0 fully saturated rings. The van der Waals surface area contributed by atoms with E-state index >= 15 is 0 Å². The van der Waals surface area contributed by atoms with Crippen molar-refractivity contribution in [1.29, 1.82) is 0 Å². The first-order valence-electron chi connectivity index (χ1n) is 3.83. The van der Waals surface area contributed by atoms with Crippen LogP contribution in [0.4, 0.5) is 0 Å². The highest BCUT2D eigenvalue weighted by Crippen LogP contribution is 2.37. The summed E-state index contributed by atoms with van der Waals surface area (Å²) in [5, 5.41) is 9.93. The number of hydrogen-bond acceptors (Lipinski definition) is 3. The van der Waals surface area contributed by atoms with Crippen molar-refractivity contribution in [2.75, 3.05) is 0 Å². The third-order valence-corrected chi connectivity index (χ3v) is 5.10. The molecule has 0 amide bonds. The van der Waals surface area contributed by atoms with Gasteiger partial charge in [-0.2, -0.15) is 0 Å². The summed E-state index contributed by atoms with van der Waals surface area (Å²) in [4.78, 5) is 0.880. The highest BCUT2D eigenvalue weighted by atomic mass is 79.9. The van der Waals surface area contributed by atoms with Gasteiger partial charge in [0, 0.05) is 14.9 Å². The van der Waals surface area contributed by atoms with Crippen LogP contribution in [0.2, 0.25) is 0 Å². The lowest BCUT2D eigenvalue weighted by molar-refractivity contribution is 0.223. The lowest BCUT2D eigenvalue weighted by Crippen LogP contribution is -1.93. The molecule has 0 spiro atoms. The Labute approximate surface area is 102 Å². The lowest BCUT2D eigenvalue weighted by Gasteiger charge is -2.03. The Balaban J connectivity index is 2.32. The number of thiophene rings is 1. The Kier molecular flexibility index (Phi) is 3.11. The molecule has 0 aliphatic heterocycles. The molecule has 0 aliphatic carbocycles. The Morgan fingerprint density at radius 1 is 1.43 bits per heavy atom. The van der Waals surface area contributed by atoms with E-state index in [2.05, 4.69) is 31.9 Å². The highest BCUT2D eigenvalue weighted by Gasteiger charge is 2.15. The molecule has 1 N–H and O–H groups in total. The third-order valence-electron chi connectivity index (χ3n) is 1.79. The van der Waals surface area contributed by atoms with Gasteiger partial charge in [-0.1, -0.05) is 0 Å². The van der Waals surface area contributed by atoms with Crippen LogP contribution in [0.5, 0.6) is 0 Å². The summed E-state index contributed by atoms with van der Waals surface area (Å²) in [6, 6.07) is 3.65. The average molecular weight is 338 g/mol. The van der Waals surface area contributed by atoms with Crippen LogP contribution >= 0.6 is 43.2 Å². The minimum Gasteiger partial charge on any atom is -0.472 e. The second kappa shape index (κ2) is 4.18. The van der Waals surface area contributed by atoms with Crippen LogP contribution in [-0.2, 0) is 0 Å². The average Bonchev–Trinajstić information content (AvgIpc) is 2.76. The highest BCUT2D eigenvalue weighted by molar-refractivity contribution is 9.13. The second-order valence-corrected chi connectivity index (χ2v) is 5.99. The zero-order chi connectivity index (χ0) is 10.1. The molecular formula is C9H6Br2O2S. The topological polar surface area (TPSA) is 33.4 Å². The third kappa shape index (κ3) is 1.95. The number of halogens is 2. The smallest absolute Gasteiger partial charge is 0.116 e. The summed E-state index contributed by atoms with van der Waals surface area (Å²) in [7, 11) is 0. The zero-order valence-electron chi connectivity index (χ0n) is 6.91. The van der Waals surface area contributed by atoms with Gasteiger partial charge in [0.1, 0.15) is 6.10 Å². The molecule has 0 aromatic carbocycles. The molecule has 0 saturated carbocycles. The fourth-order valence-electron chi connectivity index (χ4n) is 1.09. The van der Waals surface area contributed by atoms with Crippen molar-refractivity contribution in [3.63, 3.8) is 0 Å². The monoisotopic (exact) mass is 336 g/mol. The Morgan fingerprint density at radius 3 is 2.71 bits per heavy atom. The molecule has 2 heterocycles. The quantitative estimate of drug-likeness (QED) is 0.900. The van der Waals surface area contributed by atoms with Crippen molar-refractivity contribution in [3.05, 3.63) is 43.4 Å². The molecule has 2 rings (SSSR count). The molecular weight excluding hydrogens is 332 g/mol. The summed E-state index contributed by atoms with van der Waals surface area (Å²) >= 11 is 8.26. The Morgan fingerprint density at radius 2 is 2.21 bits per heavy atom. The van der Waals surface area contributed by atoms with E-state index in [1.54, 1.807) is 18.6 Å². The summed E-state index contributed by atoms with van der Waals surface area (Å²) in [5.74, 6) is 0. The maximum absolute atomic E-state index is 9.93. The first kappa shape index (κ1) is 10.4. The van der Waals surface area contributed by atoms with Gasteiger partial charge in [-0.25, -0.2) is 0 Å². The SMILES string of the molecule is OC(c1ccoc1)c1cc(Br)c(Br)s1. The van der Waals surface area contributed by atoms with Gasteiger partial charge in [-0.3, -0.25) is 0 Å². The molecule has 1 atom stereocenters. The van der Waals surface area contributed by atoms with Crippen LogP contribution in [0.1, 0.15) is 16.5 Å². The van der Waals surface area contributed by atoms with E-state index < -0.39 is 6.10 Å². The van der Waals surface area contributed by atoms with Crippen LogP contribution in [0, 0.1) is 0 Å². The van der Waals surface area contributed by atoms with Gasteiger partial charge >= 0.3 is 0 Å². The van der Waals surface area contributed by atoms with Crippen LogP contribution in [-0.4, -0.2) is 5.11 Å². The molecule has 5 heteroatoms. The molecule has 14 heavy (non-hydrogen) atoms. The van der Waals surface area contributed by atoms with Gasteiger partial charge in [0.15, 0.2) is 0 Å². The fraction of sp³-hybridized carbons (Fsp3) is 0.111. The largest absolute Gasteiger partial charge is 0.472 e. The molecule has 2 nitrogen and oxygen atoms in total. The van der Waals surface area contributed by atoms with Gasteiger partial charge in [0.25, 0.3) is 0 Å². The molecule has 2 aromatic heterocycles. The first-order chi connectivity index (χ1) is 6.68. The van der Waals surface area contributed by atoms with Crippen LogP contribution < -0.4 is 0 Å². The van der Waals surface area contributed by atoms with Crippen LogP contribution in [0.3, 0.4) is 0 Å². The molecule has 0 radical (unpaired) electrons. The number of furan rings is 1. The summed E-state index contributed by atoms with van der Waals surface area (Å²) in [5.41, 5.74) is 0.770. The van der Waals surface area contributed by atoms with Crippen molar-refractivity contribution in [1.82, 2.24) is 0 Å². The van der Waals surface area contributed by atoms with Crippen LogP contribution in [0.25, 0.3) is 0 Å². The normalized spacial score (nSPS) is 13.1. The van der Waals surface area contributed by atoms with E-state index in [1.807, 2.05) is 6.07 Å². The Hall–Kier alpha value is -0.1000. The minimum atomic E-state index is -0.610. The molecule has 2 aromatic rings. The number of hydrogen-bond donors (Lipinski definition) is 1. The van der Waals surface area contributed by atoms with Crippen molar-refractivity contribution in [2.24, 2.45) is 0 Å². The standard InChI is InChI=1S/C9H6Br2O2S/c10-6-3-7(14-9(6)11)8(12)5-1-2-13-4-5/h1-4,8,12H. The Bertz CT molecular complexity index is 402. The summed E-state index contributed by atoms with van der Waals surface area (Å²) in [6.07, 6.45) is 2.49. The molecule has 1 unspecified atom stereocenters. The van der Waals surface area contributed by atoms with Crippen molar-refractivity contribution >= 4 is 43.2 Å². The maximum atomic E-state index is 9.93. The van der Waals surface area contributed by atoms with Gasteiger partial charge in [-0.15, -0.1) is 11.3 Å². The van der Waals surface area contributed by atoms with Gasteiger partial charge in [0.05, 0.1) is 16.3 Å². The second-order valence-electron chi connectivity index (χ2n) is 2.73. The van der Waals surface area contributed by atoms with Gasteiger partial charge < -0.3 is 9.52 Å². The molecule has 0 aliphatic rings. The predicted octanol–water partition coefficient (Wildman–Crippen LogP) is 3.95. The van der Waals surface area contributed by atoms with Gasteiger partial charge in [-0.05, 0) is 44.0 Å². The zero-order valence-corrected chi connectivity index (χ0v) is 10.9. The first-order valence-corrected chi connectivity index (χ1v) is 6.23. The van der Waals surface area contributed by atoms with E-state index in [1.165, 1.54) is 11.3 Å². The number of aliphatic hydroxyl groups excluding tert-OH is 1. The van der Waals surface area contributed by atoms with E-state index in [0.717, 1.165) is 18.7 Å². The lowest BCUT2D eigenvalue weighted by atomic mass is 10.2. The van der Waals surface area contributed by atoms with Gasteiger partial charge in [0.2, 0.25) is 0 Å². The van der Waals surface area contributed by atoms with Crippen molar-refractivity contribution in [2.45, 2.75) is 6.10 Å². The fourth-order valence-corrected chi connectivity index (χ4v) is 3.20. The molecule has 74 valence electrons. The summed E-state index contributed by atoms with van der Waals surface area (Å²) < 4.78 is 6.86. The van der Waals surface area contributed by atoms with Crippen molar-refractivity contribution < 1.29 is 9.52 Å². The molecule has 0 bridgehead atoms. The van der Waals surface area contributed by atoms with E-state index in [9.17, 15) is 5.11 Å². The minimum absolute atomic E-state index is 0.610. The predicted molar refractivity (Wildman–Crippen MR) is 62.5 cm³/mol. The van der Waals surface area contributed by atoms with E-state index in [0.29, 0.717) is 0 Å². The van der Waals surface area contributed by atoms with E-state index in [-0.39, 0.29) is 0 Å². The maximum Gasteiger partial charge on any atom is 0.116 e. The molecule has 0 saturated heterocycles. The van der Waals surface area contributed by atoms with E-state index in [4.69, 9.17) is 4.42 Å². The summed E-state index contributed by atoms with van der Waals surface area (Å²) in [6.45, 7) is 0. The van der Waals surface area contributed by atoms with Crippen LogP contribution in [0.15, 0.2) is 37.3 Å². The number of aliphatic hydroxyl groups is 1. The van der Waals surface area contributed by atoms with Crippen molar-refractivity contribution in [3.8, 4) is 0 Å².